The minimum Gasteiger partial charge on any atom is -0.342 e. The van der Waals surface area contributed by atoms with Crippen molar-refractivity contribution >= 4 is 27.0 Å². The van der Waals surface area contributed by atoms with Crippen molar-refractivity contribution in [2.24, 2.45) is 0 Å². The molecule has 1 aromatic carbocycles. The van der Waals surface area contributed by atoms with Crippen LogP contribution in [0.15, 0.2) is 42.6 Å². The maximum Gasteiger partial charge on any atom is 0.253 e. The number of nitrogens with one attached hydrogen (secondary N) is 2. The summed E-state index contributed by atoms with van der Waals surface area (Å²) in [5, 5.41) is 2.95. The highest BCUT2D eigenvalue weighted by atomic mass is 32.2. The van der Waals surface area contributed by atoms with Crippen molar-refractivity contribution in [3.63, 3.8) is 0 Å². The van der Waals surface area contributed by atoms with Gasteiger partial charge in [-0.3, -0.25) is 9.78 Å². The molecule has 0 unspecified atom stereocenters. The number of amides is 1. The van der Waals surface area contributed by atoms with Crippen LogP contribution in [0.2, 0.25) is 0 Å². The Morgan fingerprint density at radius 2 is 1.93 bits per heavy atom. The lowest BCUT2D eigenvalue weighted by molar-refractivity contribution is 0.0938. The van der Waals surface area contributed by atoms with E-state index in [9.17, 15) is 13.2 Å². The van der Waals surface area contributed by atoms with Crippen LogP contribution in [-0.4, -0.2) is 52.9 Å². The first kappa shape index (κ1) is 20.5. The van der Waals surface area contributed by atoms with Gasteiger partial charge in [0.15, 0.2) is 0 Å². The fourth-order valence-electron chi connectivity index (χ4n) is 3.79. The second-order valence-electron chi connectivity index (χ2n) is 7.74. The van der Waals surface area contributed by atoms with E-state index >= 15 is 0 Å². The van der Waals surface area contributed by atoms with Gasteiger partial charge in [-0.05, 0) is 44.0 Å². The number of piperidine rings is 1. The summed E-state index contributed by atoms with van der Waals surface area (Å²) < 4.78 is 24.8. The fourth-order valence-corrected chi connectivity index (χ4v) is 4.66. The number of hydrogen-bond acceptors (Lipinski definition) is 5. The van der Waals surface area contributed by atoms with Gasteiger partial charge in [0.2, 0.25) is 10.0 Å². The Bertz CT molecular complexity index is 1120. The number of benzene rings is 1. The van der Waals surface area contributed by atoms with Crippen LogP contribution in [0.25, 0.3) is 11.0 Å². The molecule has 0 aliphatic carbocycles. The minimum atomic E-state index is -3.14. The molecule has 1 saturated heterocycles. The molecule has 0 spiro atoms. The van der Waals surface area contributed by atoms with Crippen molar-refractivity contribution in [3.05, 3.63) is 59.7 Å². The first-order valence-electron chi connectivity index (χ1n) is 9.98. The van der Waals surface area contributed by atoms with Gasteiger partial charge >= 0.3 is 0 Å². The summed E-state index contributed by atoms with van der Waals surface area (Å²) in [5.41, 5.74) is 3.17. The highest BCUT2D eigenvalue weighted by Gasteiger charge is 2.26. The molecule has 2 aromatic heterocycles. The van der Waals surface area contributed by atoms with Gasteiger partial charge in [0.05, 0.1) is 28.9 Å². The molecule has 2 N–H and O–H groups in total. The van der Waals surface area contributed by atoms with E-state index in [0.717, 1.165) is 29.6 Å². The molecule has 3 heterocycles. The average Bonchev–Trinajstić information content (AvgIpc) is 3.18. The zero-order chi connectivity index (χ0) is 21.3. The third-order valence-corrected chi connectivity index (χ3v) is 6.86. The molecule has 30 heavy (non-hydrogen) atoms. The lowest BCUT2D eigenvalue weighted by Crippen LogP contribution is -2.37. The number of para-hydroxylation sites is 2. The Morgan fingerprint density at radius 1 is 1.20 bits per heavy atom. The Kier molecular flexibility index (Phi) is 5.57. The van der Waals surface area contributed by atoms with Crippen LogP contribution in [0.1, 0.15) is 53.6 Å². The number of carbonyl (C=O) groups is 1. The fraction of sp³-hybridized carbons (Fsp3) is 0.381. The van der Waals surface area contributed by atoms with Crippen LogP contribution in [0.5, 0.6) is 0 Å². The van der Waals surface area contributed by atoms with E-state index < -0.39 is 10.0 Å². The largest absolute Gasteiger partial charge is 0.342 e. The molecule has 0 radical (unpaired) electrons. The van der Waals surface area contributed by atoms with E-state index in [1.165, 1.54) is 10.6 Å². The summed E-state index contributed by atoms with van der Waals surface area (Å²) in [6.45, 7) is 2.89. The molecule has 1 aliphatic heterocycles. The number of nitrogens with zero attached hydrogens (tertiary/aromatic N) is 3. The number of pyridine rings is 1. The van der Waals surface area contributed by atoms with Crippen LogP contribution in [-0.2, 0) is 10.0 Å². The van der Waals surface area contributed by atoms with E-state index in [0.29, 0.717) is 24.5 Å². The SMILES string of the molecule is C[C@H](NC(=O)c1ccc(C2CCN(S(C)(=O)=O)CC2)nc1)c1nc2ccccc2[nH]1. The third-order valence-electron chi connectivity index (χ3n) is 5.56. The van der Waals surface area contributed by atoms with Crippen molar-refractivity contribution < 1.29 is 13.2 Å². The predicted octanol–water partition coefficient (Wildman–Crippen LogP) is 2.59. The number of carbonyl (C=O) groups excluding carboxylic acids is 1. The average molecular weight is 428 g/mol. The predicted molar refractivity (Wildman–Crippen MR) is 115 cm³/mol. The molecular weight excluding hydrogens is 402 g/mol. The molecule has 1 amide bonds. The van der Waals surface area contributed by atoms with Gasteiger partial charge in [-0.1, -0.05) is 12.1 Å². The molecule has 9 heteroatoms. The van der Waals surface area contributed by atoms with Gasteiger partial charge in [0.25, 0.3) is 5.91 Å². The van der Waals surface area contributed by atoms with Gasteiger partial charge in [-0.15, -0.1) is 0 Å². The number of sulfonamides is 1. The zero-order valence-corrected chi connectivity index (χ0v) is 17.8. The summed E-state index contributed by atoms with van der Waals surface area (Å²) >= 11 is 0. The van der Waals surface area contributed by atoms with E-state index in [1.807, 2.05) is 37.3 Å². The Balaban J connectivity index is 1.38. The maximum atomic E-state index is 12.6. The van der Waals surface area contributed by atoms with Gasteiger partial charge in [-0.2, -0.15) is 0 Å². The van der Waals surface area contributed by atoms with Gasteiger partial charge in [0.1, 0.15) is 5.82 Å². The van der Waals surface area contributed by atoms with Crippen LogP contribution in [0.4, 0.5) is 0 Å². The molecule has 8 nitrogen and oxygen atoms in total. The molecule has 3 aromatic rings. The van der Waals surface area contributed by atoms with Crippen LogP contribution in [0, 0.1) is 0 Å². The zero-order valence-electron chi connectivity index (χ0n) is 17.0. The van der Waals surface area contributed by atoms with Gasteiger partial charge < -0.3 is 10.3 Å². The quantitative estimate of drug-likeness (QED) is 0.651. The number of aromatic amines is 1. The second-order valence-corrected chi connectivity index (χ2v) is 9.72. The van der Waals surface area contributed by atoms with Crippen molar-refractivity contribution in [2.75, 3.05) is 19.3 Å². The van der Waals surface area contributed by atoms with Crippen molar-refractivity contribution in [1.82, 2.24) is 24.6 Å². The lowest BCUT2D eigenvalue weighted by atomic mass is 9.94. The van der Waals surface area contributed by atoms with Gasteiger partial charge in [0, 0.05) is 30.9 Å². The molecule has 1 fully saturated rings. The maximum absolute atomic E-state index is 12.6. The van der Waals surface area contributed by atoms with E-state index in [2.05, 4.69) is 20.3 Å². The number of rotatable bonds is 5. The highest BCUT2D eigenvalue weighted by molar-refractivity contribution is 7.88. The molecule has 158 valence electrons. The Hall–Kier alpha value is -2.78. The number of H-pyrrole nitrogens is 1. The van der Waals surface area contributed by atoms with E-state index in [4.69, 9.17) is 0 Å². The smallest absolute Gasteiger partial charge is 0.253 e. The lowest BCUT2D eigenvalue weighted by Gasteiger charge is -2.29. The molecule has 4 rings (SSSR count). The summed E-state index contributed by atoms with van der Waals surface area (Å²) in [6, 6.07) is 11.1. The number of hydrogen-bond donors (Lipinski definition) is 2. The first-order chi connectivity index (χ1) is 14.3. The molecular formula is C21H25N5O3S. The number of aromatic nitrogens is 3. The van der Waals surface area contributed by atoms with Crippen molar-refractivity contribution in [2.45, 2.75) is 31.7 Å². The van der Waals surface area contributed by atoms with Gasteiger partial charge in [-0.25, -0.2) is 17.7 Å². The first-order valence-corrected chi connectivity index (χ1v) is 11.8. The number of fused-ring (bicyclic) bond motifs is 1. The normalized spacial score (nSPS) is 17.1. The molecule has 0 bridgehead atoms. The Morgan fingerprint density at radius 3 is 2.57 bits per heavy atom. The van der Waals surface area contributed by atoms with Crippen LogP contribution in [0.3, 0.4) is 0 Å². The highest BCUT2D eigenvalue weighted by Crippen LogP contribution is 2.27. The summed E-state index contributed by atoms with van der Waals surface area (Å²) in [5.74, 6) is 0.690. The second kappa shape index (κ2) is 8.16. The Labute approximate surface area is 175 Å². The summed E-state index contributed by atoms with van der Waals surface area (Å²) in [4.78, 5) is 24.8. The summed E-state index contributed by atoms with van der Waals surface area (Å²) in [6.07, 6.45) is 4.29. The van der Waals surface area contributed by atoms with Crippen LogP contribution < -0.4 is 5.32 Å². The monoisotopic (exact) mass is 427 g/mol. The van der Waals surface area contributed by atoms with Crippen LogP contribution >= 0.6 is 0 Å². The van der Waals surface area contributed by atoms with E-state index in [-0.39, 0.29) is 17.9 Å². The van der Waals surface area contributed by atoms with E-state index in [1.54, 1.807) is 12.3 Å². The third kappa shape index (κ3) is 4.36. The molecule has 1 aliphatic rings. The standard InChI is InChI=1S/C21H25N5O3S/c1-14(20-24-18-5-3-4-6-19(18)25-20)23-21(27)16-7-8-17(22-13-16)15-9-11-26(12-10-15)30(2,28)29/h3-8,13-15H,9-12H2,1-2H3,(H,23,27)(H,24,25)/t14-/m0/s1. The van der Waals surface area contributed by atoms with Crippen molar-refractivity contribution in [1.29, 1.82) is 0 Å². The molecule has 0 saturated carbocycles. The summed E-state index contributed by atoms with van der Waals surface area (Å²) in [7, 11) is -3.14. The number of imidazole rings is 1. The minimum absolute atomic E-state index is 0.203. The topological polar surface area (TPSA) is 108 Å². The molecule has 1 atom stereocenters. The van der Waals surface area contributed by atoms with Crippen molar-refractivity contribution in [3.8, 4) is 0 Å².